The van der Waals surface area contributed by atoms with Crippen LogP contribution in [0, 0.1) is 0 Å². The van der Waals surface area contributed by atoms with E-state index in [1.54, 1.807) is 6.92 Å². The first-order chi connectivity index (χ1) is 8.18. The quantitative estimate of drug-likeness (QED) is 0.741. The van der Waals surface area contributed by atoms with Crippen LogP contribution in [0.1, 0.15) is 31.4 Å². The highest BCUT2D eigenvalue weighted by Crippen LogP contribution is 2.22. The molecular weight excluding hydrogens is 216 g/mol. The summed E-state index contributed by atoms with van der Waals surface area (Å²) in [4.78, 5) is 11.9. The van der Waals surface area contributed by atoms with Gasteiger partial charge in [-0.3, -0.25) is 4.79 Å². The number of hydrogen-bond acceptors (Lipinski definition) is 3. The molecule has 1 heterocycles. The fourth-order valence-corrected chi connectivity index (χ4v) is 2.10. The molecule has 0 radical (unpaired) electrons. The molecule has 0 bridgehead atoms. The summed E-state index contributed by atoms with van der Waals surface area (Å²) in [5.41, 5.74) is 1.44. The highest BCUT2D eigenvalue weighted by molar-refractivity contribution is 5.95. The number of carbonyl (C=O) groups is 1. The van der Waals surface area contributed by atoms with Crippen LogP contribution in [0.3, 0.4) is 0 Å². The zero-order valence-electron chi connectivity index (χ0n) is 9.94. The molecule has 1 aliphatic heterocycles. The van der Waals surface area contributed by atoms with E-state index in [0.717, 1.165) is 24.9 Å². The summed E-state index contributed by atoms with van der Waals surface area (Å²) < 4.78 is 0. The minimum Gasteiger partial charge on any atom is -0.389 e. The Morgan fingerprint density at radius 2 is 2.29 bits per heavy atom. The SMILES string of the molecule is CC(O)c1ccccc1NC(=O)[C@@H]1CCCN1. The molecule has 1 amide bonds. The second kappa shape index (κ2) is 5.29. The number of carbonyl (C=O) groups excluding carboxylic acids is 1. The first kappa shape index (κ1) is 12.1. The molecule has 4 nitrogen and oxygen atoms in total. The highest BCUT2D eigenvalue weighted by atomic mass is 16.3. The van der Waals surface area contributed by atoms with Crippen molar-refractivity contribution in [2.75, 3.05) is 11.9 Å². The van der Waals surface area contributed by atoms with Crippen molar-refractivity contribution in [1.29, 1.82) is 0 Å². The van der Waals surface area contributed by atoms with Crippen molar-refractivity contribution in [2.24, 2.45) is 0 Å². The highest BCUT2D eigenvalue weighted by Gasteiger charge is 2.22. The molecule has 0 spiro atoms. The molecule has 17 heavy (non-hydrogen) atoms. The van der Waals surface area contributed by atoms with E-state index < -0.39 is 6.10 Å². The number of nitrogens with one attached hydrogen (secondary N) is 2. The summed E-state index contributed by atoms with van der Waals surface area (Å²) in [6.45, 7) is 2.59. The van der Waals surface area contributed by atoms with Gasteiger partial charge in [0.25, 0.3) is 0 Å². The van der Waals surface area contributed by atoms with Gasteiger partial charge in [-0.05, 0) is 32.4 Å². The lowest BCUT2D eigenvalue weighted by Crippen LogP contribution is -2.35. The summed E-state index contributed by atoms with van der Waals surface area (Å²) >= 11 is 0. The Labute approximate surface area is 101 Å². The van der Waals surface area contributed by atoms with Crippen LogP contribution >= 0.6 is 0 Å². The van der Waals surface area contributed by atoms with E-state index in [0.29, 0.717) is 5.69 Å². The molecule has 1 aromatic carbocycles. The molecule has 2 rings (SSSR count). The van der Waals surface area contributed by atoms with Gasteiger partial charge in [0.05, 0.1) is 12.1 Å². The van der Waals surface area contributed by atoms with Gasteiger partial charge in [0.15, 0.2) is 0 Å². The van der Waals surface area contributed by atoms with Crippen LogP contribution in [0.2, 0.25) is 0 Å². The predicted molar refractivity (Wildman–Crippen MR) is 66.7 cm³/mol. The molecule has 1 fully saturated rings. The average molecular weight is 234 g/mol. The fourth-order valence-electron chi connectivity index (χ4n) is 2.10. The van der Waals surface area contributed by atoms with Gasteiger partial charge >= 0.3 is 0 Å². The number of hydrogen-bond donors (Lipinski definition) is 3. The van der Waals surface area contributed by atoms with E-state index in [1.807, 2.05) is 24.3 Å². The lowest BCUT2D eigenvalue weighted by Gasteiger charge is -2.15. The number of aliphatic hydroxyl groups is 1. The van der Waals surface area contributed by atoms with E-state index in [-0.39, 0.29) is 11.9 Å². The van der Waals surface area contributed by atoms with Gasteiger partial charge in [-0.1, -0.05) is 18.2 Å². The van der Waals surface area contributed by atoms with Gasteiger partial charge < -0.3 is 15.7 Å². The van der Waals surface area contributed by atoms with Gasteiger partial charge in [0.1, 0.15) is 0 Å². The normalized spacial score (nSPS) is 21.2. The number of amides is 1. The summed E-state index contributed by atoms with van der Waals surface area (Å²) in [5, 5.41) is 15.6. The van der Waals surface area contributed by atoms with Crippen LogP contribution in [-0.4, -0.2) is 23.6 Å². The number of anilines is 1. The molecule has 1 unspecified atom stereocenters. The molecule has 3 N–H and O–H groups in total. The van der Waals surface area contributed by atoms with E-state index in [2.05, 4.69) is 10.6 Å². The zero-order chi connectivity index (χ0) is 12.3. The lowest BCUT2D eigenvalue weighted by atomic mass is 10.1. The maximum absolute atomic E-state index is 11.9. The topological polar surface area (TPSA) is 61.4 Å². The maximum atomic E-state index is 11.9. The van der Waals surface area contributed by atoms with Crippen LogP contribution in [-0.2, 0) is 4.79 Å². The molecule has 4 heteroatoms. The standard InChI is InChI=1S/C13H18N2O2/c1-9(16)10-5-2-3-6-11(10)15-13(17)12-7-4-8-14-12/h2-3,5-6,9,12,14,16H,4,7-8H2,1H3,(H,15,17)/t9?,12-/m0/s1. The second-order valence-electron chi connectivity index (χ2n) is 4.40. The number of rotatable bonds is 3. The number of benzene rings is 1. The minimum absolute atomic E-state index is 0.0180. The van der Waals surface area contributed by atoms with Crippen molar-refractivity contribution >= 4 is 11.6 Å². The number of para-hydroxylation sites is 1. The second-order valence-corrected chi connectivity index (χ2v) is 4.40. The smallest absolute Gasteiger partial charge is 0.241 e. The van der Waals surface area contributed by atoms with Crippen LogP contribution in [0.4, 0.5) is 5.69 Å². The zero-order valence-corrected chi connectivity index (χ0v) is 9.94. The Morgan fingerprint density at radius 1 is 1.53 bits per heavy atom. The summed E-state index contributed by atoms with van der Waals surface area (Å²) in [5.74, 6) is -0.0180. The molecule has 2 atom stereocenters. The van der Waals surface area contributed by atoms with E-state index >= 15 is 0 Å². The largest absolute Gasteiger partial charge is 0.389 e. The van der Waals surface area contributed by atoms with Crippen LogP contribution in [0.15, 0.2) is 24.3 Å². The molecule has 92 valence electrons. The van der Waals surface area contributed by atoms with Crippen molar-refractivity contribution in [3.63, 3.8) is 0 Å². The van der Waals surface area contributed by atoms with Gasteiger partial charge in [-0.25, -0.2) is 0 Å². The van der Waals surface area contributed by atoms with Crippen molar-refractivity contribution < 1.29 is 9.90 Å². The third-order valence-electron chi connectivity index (χ3n) is 3.05. The summed E-state index contributed by atoms with van der Waals surface area (Å²) in [6, 6.07) is 7.24. The maximum Gasteiger partial charge on any atom is 0.241 e. The van der Waals surface area contributed by atoms with Gasteiger partial charge in [0.2, 0.25) is 5.91 Å². The van der Waals surface area contributed by atoms with Crippen LogP contribution < -0.4 is 10.6 Å². The third-order valence-corrected chi connectivity index (χ3v) is 3.05. The number of aliphatic hydroxyl groups excluding tert-OH is 1. The Morgan fingerprint density at radius 3 is 2.94 bits per heavy atom. The van der Waals surface area contributed by atoms with Crippen LogP contribution in [0.5, 0.6) is 0 Å². The summed E-state index contributed by atoms with van der Waals surface area (Å²) in [6.07, 6.45) is 1.33. The molecule has 0 aromatic heterocycles. The van der Waals surface area contributed by atoms with E-state index in [1.165, 1.54) is 0 Å². The Balaban J connectivity index is 2.09. The van der Waals surface area contributed by atoms with Crippen molar-refractivity contribution in [3.8, 4) is 0 Å². The molecule has 1 saturated heterocycles. The van der Waals surface area contributed by atoms with Gasteiger partial charge in [-0.15, -0.1) is 0 Å². The van der Waals surface area contributed by atoms with E-state index in [9.17, 15) is 9.90 Å². The Kier molecular flexibility index (Phi) is 3.76. The molecular formula is C13H18N2O2. The minimum atomic E-state index is -0.581. The van der Waals surface area contributed by atoms with Crippen molar-refractivity contribution in [1.82, 2.24) is 5.32 Å². The van der Waals surface area contributed by atoms with E-state index in [4.69, 9.17) is 0 Å². The average Bonchev–Trinajstić information content (AvgIpc) is 2.83. The van der Waals surface area contributed by atoms with Crippen molar-refractivity contribution in [2.45, 2.75) is 31.9 Å². The lowest BCUT2D eigenvalue weighted by molar-refractivity contribution is -0.117. The first-order valence-electron chi connectivity index (χ1n) is 5.99. The monoisotopic (exact) mass is 234 g/mol. The predicted octanol–water partition coefficient (Wildman–Crippen LogP) is 1.43. The Hall–Kier alpha value is -1.39. The fraction of sp³-hybridized carbons (Fsp3) is 0.462. The molecule has 0 saturated carbocycles. The first-order valence-corrected chi connectivity index (χ1v) is 5.99. The van der Waals surface area contributed by atoms with Gasteiger partial charge in [-0.2, -0.15) is 0 Å². The summed E-state index contributed by atoms with van der Waals surface area (Å²) in [7, 11) is 0. The molecule has 1 aliphatic rings. The molecule has 0 aliphatic carbocycles. The van der Waals surface area contributed by atoms with Crippen LogP contribution in [0.25, 0.3) is 0 Å². The van der Waals surface area contributed by atoms with Crippen molar-refractivity contribution in [3.05, 3.63) is 29.8 Å². The Bertz CT molecular complexity index is 398. The van der Waals surface area contributed by atoms with Gasteiger partial charge in [0, 0.05) is 11.3 Å². The molecule has 1 aromatic rings. The third kappa shape index (κ3) is 2.84.